The lowest BCUT2D eigenvalue weighted by Crippen LogP contribution is -2.30. The van der Waals surface area contributed by atoms with Crippen molar-refractivity contribution >= 4 is 11.9 Å². The summed E-state index contributed by atoms with van der Waals surface area (Å²) in [4.78, 5) is 23.1. The zero-order valence-electron chi connectivity index (χ0n) is 13.6. The second-order valence-electron chi connectivity index (χ2n) is 5.61. The van der Waals surface area contributed by atoms with E-state index < -0.39 is 5.97 Å². The number of carbonyl (C=O) groups is 2. The van der Waals surface area contributed by atoms with E-state index in [0.29, 0.717) is 12.3 Å². The Hall–Kier alpha value is -2.37. The second-order valence-corrected chi connectivity index (χ2v) is 5.61. The van der Waals surface area contributed by atoms with Crippen LogP contribution in [0.15, 0.2) is 35.9 Å². The van der Waals surface area contributed by atoms with E-state index in [9.17, 15) is 14.0 Å². The first-order valence-corrected chi connectivity index (χ1v) is 8.12. The lowest BCUT2D eigenvalue weighted by molar-refractivity contribution is -0.150. The molecule has 1 N–H and O–H groups in total. The molecule has 1 aliphatic carbocycles. The van der Waals surface area contributed by atoms with Gasteiger partial charge >= 0.3 is 5.97 Å². The predicted molar refractivity (Wildman–Crippen MR) is 87.0 cm³/mol. The average Bonchev–Trinajstić information content (AvgIpc) is 2.60. The molecule has 1 aromatic rings. The van der Waals surface area contributed by atoms with E-state index in [-0.39, 0.29) is 24.9 Å². The molecule has 1 amide bonds. The molecule has 2 rings (SSSR count). The molecule has 5 nitrogen and oxygen atoms in total. The van der Waals surface area contributed by atoms with Gasteiger partial charge in [-0.05, 0) is 56.4 Å². The Balaban J connectivity index is 1.56. The highest BCUT2D eigenvalue weighted by atomic mass is 19.1. The first-order valence-electron chi connectivity index (χ1n) is 8.12. The van der Waals surface area contributed by atoms with Crippen LogP contribution in [-0.4, -0.2) is 31.6 Å². The standard InChI is InChI=1S/C18H22FNO4/c19-15-6-8-16(9-7-15)23-13-18(22)24-12-17(21)20-11-10-14-4-2-1-3-5-14/h4,6-9H,1-3,5,10-13H2,(H,20,21). The van der Waals surface area contributed by atoms with Gasteiger partial charge in [0.1, 0.15) is 11.6 Å². The third-order valence-corrected chi connectivity index (χ3v) is 3.69. The normalized spacial score (nSPS) is 13.8. The molecule has 0 spiro atoms. The summed E-state index contributed by atoms with van der Waals surface area (Å²) in [5.41, 5.74) is 1.38. The van der Waals surface area contributed by atoms with Crippen LogP contribution in [0.25, 0.3) is 0 Å². The van der Waals surface area contributed by atoms with E-state index in [4.69, 9.17) is 9.47 Å². The maximum Gasteiger partial charge on any atom is 0.344 e. The van der Waals surface area contributed by atoms with Gasteiger partial charge in [0, 0.05) is 6.54 Å². The summed E-state index contributed by atoms with van der Waals surface area (Å²) in [6.45, 7) is -0.106. The van der Waals surface area contributed by atoms with Crippen LogP contribution in [0.3, 0.4) is 0 Å². The maximum atomic E-state index is 12.7. The van der Waals surface area contributed by atoms with Crippen molar-refractivity contribution in [2.45, 2.75) is 32.1 Å². The summed E-state index contributed by atoms with van der Waals surface area (Å²) >= 11 is 0. The van der Waals surface area contributed by atoms with Gasteiger partial charge in [0.15, 0.2) is 13.2 Å². The van der Waals surface area contributed by atoms with Crippen LogP contribution in [-0.2, 0) is 14.3 Å². The molecule has 24 heavy (non-hydrogen) atoms. The van der Waals surface area contributed by atoms with Crippen LogP contribution in [0.5, 0.6) is 5.75 Å². The molecule has 0 radical (unpaired) electrons. The van der Waals surface area contributed by atoms with Crippen molar-refractivity contribution in [1.82, 2.24) is 5.32 Å². The van der Waals surface area contributed by atoms with Crippen LogP contribution in [0, 0.1) is 5.82 Å². The molecule has 0 atom stereocenters. The van der Waals surface area contributed by atoms with Gasteiger partial charge in [-0.25, -0.2) is 9.18 Å². The van der Waals surface area contributed by atoms with Crippen molar-refractivity contribution in [3.63, 3.8) is 0 Å². The minimum Gasteiger partial charge on any atom is -0.482 e. The molecular weight excluding hydrogens is 313 g/mol. The fourth-order valence-electron chi connectivity index (χ4n) is 2.41. The molecule has 0 fully saturated rings. The van der Waals surface area contributed by atoms with E-state index in [1.807, 2.05) is 0 Å². The molecule has 1 aliphatic rings. The zero-order valence-corrected chi connectivity index (χ0v) is 13.6. The smallest absolute Gasteiger partial charge is 0.344 e. The molecule has 0 aliphatic heterocycles. The fraction of sp³-hybridized carbons (Fsp3) is 0.444. The van der Waals surface area contributed by atoms with Crippen molar-refractivity contribution in [2.24, 2.45) is 0 Å². The maximum absolute atomic E-state index is 12.7. The van der Waals surface area contributed by atoms with Gasteiger partial charge in [-0.2, -0.15) is 0 Å². The zero-order chi connectivity index (χ0) is 17.2. The van der Waals surface area contributed by atoms with Crippen molar-refractivity contribution in [2.75, 3.05) is 19.8 Å². The average molecular weight is 335 g/mol. The quantitative estimate of drug-likeness (QED) is 0.586. The number of hydrogen-bond donors (Lipinski definition) is 1. The van der Waals surface area contributed by atoms with Gasteiger partial charge in [-0.1, -0.05) is 11.6 Å². The molecule has 0 heterocycles. The molecule has 1 aromatic carbocycles. The van der Waals surface area contributed by atoms with Gasteiger partial charge in [-0.15, -0.1) is 0 Å². The Labute approximate surface area is 140 Å². The number of hydrogen-bond acceptors (Lipinski definition) is 4. The molecule has 0 bridgehead atoms. The molecule has 6 heteroatoms. The lowest BCUT2D eigenvalue weighted by Gasteiger charge is -2.13. The van der Waals surface area contributed by atoms with Gasteiger partial charge in [0.25, 0.3) is 5.91 Å². The number of allylic oxidation sites excluding steroid dienone is 1. The number of amides is 1. The number of nitrogens with one attached hydrogen (secondary N) is 1. The highest BCUT2D eigenvalue weighted by Crippen LogP contribution is 2.19. The topological polar surface area (TPSA) is 64.6 Å². The predicted octanol–water partition coefficient (Wildman–Crippen LogP) is 2.75. The highest BCUT2D eigenvalue weighted by molar-refractivity contribution is 5.80. The Bertz CT molecular complexity index is 583. The SMILES string of the molecule is O=C(COC(=O)COc1ccc(F)cc1)NCCC1=CCCCC1. The minimum absolute atomic E-state index is 0.328. The van der Waals surface area contributed by atoms with Crippen molar-refractivity contribution in [1.29, 1.82) is 0 Å². The van der Waals surface area contributed by atoms with Crippen LogP contribution in [0.4, 0.5) is 4.39 Å². The van der Waals surface area contributed by atoms with E-state index >= 15 is 0 Å². The third-order valence-electron chi connectivity index (χ3n) is 3.69. The van der Waals surface area contributed by atoms with E-state index in [1.54, 1.807) is 0 Å². The Morgan fingerprint density at radius 3 is 2.62 bits per heavy atom. The summed E-state index contributed by atoms with van der Waals surface area (Å²) in [6.07, 6.45) is 7.76. The first kappa shape index (κ1) is 18.0. The second kappa shape index (κ2) is 9.70. The summed E-state index contributed by atoms with van der Waals surface area (Å²) in [5, 5.41) is 2.73. The van der Waals surface area contributed by atoms with E-state index in [2.05, 4.69) is 11.4 Å². The number of benzene rings is 1. The van der Waals surface area contributed by atoms with E-state index in [0.717, 1.165) is 19.3 Å². The Morgan fingerprint density at radius 1 is 1.12 bits per heavy atom. The summed E-state index contributed by atoms with van der Waals surface area (Å²) in [7, 11) is 0. The van der Waals surface area contributed by atoms with Gasteiger partial charge in [0.2, 0.25) is 0 Å². The highest BCUT2D eigenvalue weighted by Gasteiger charge is 2.09. The molecule has 0 unspecified atom stereocenters. The van der Waals surface area contributed by atoms with Crippen molar-refractivity contribution < 1.29 is 23.5 Å². The largest absolute Gasteiger partial charge is 0.482 e. The molecular formula is C18H22FNO4. The molecule has 130 valence electrons. The van der Waals surface area contributed by atoms with Crippen LogP contribution >= 0.6 is 0 Å². The number of rotatable bonds is 8. The number of halogens is 1. The Morgan fingerprint density at radius 2 is 1.92 bits per heavy atom. The van der Waals surface area contributed by atoms with E-state index in [1.165, 1.54) is 42.7 Å². The van der Waals surface area contributed by atoms with Crippen LogP contribution in [0.1, 0.15) is 32.1 Å². The van der Waals surface area contributed by atoms with Crippen LogP contribution in [0.2, 0.25) is 0 Å². The van der Waals surface area contributed by atoms with Gasteiger partial charge in [0.05, 0.1) is 0 Å². The number of esters is 1. The number of ether oxygens (including phenoxy) is 2. The minimum atomic E-state index is -0.649. The van der Waals surface area contributed by atoms with Crippen molar-refractivity contribution in [3.8, 4) is 5.75 Å². The first-order chi connectivity index (χ1) is 11.6. The summed E-state index contributed by atoms with van der Waals surface area (Å²) in [5.74, 6) is -1.00. The third kappa shape index (κ3) is 6.81. The summed E-state index contributed by atoms with van der Waals surface area (Å²) < 4.78 is 22.7. The van der Waals surface area contributed by atoms with Crippen molar-refractivity contribution in [3.05, 3.63) is 41.7 Å². The Kier molecular flexibility index (Phi) is 7.26. The molecule has 0 aromatic heterocycles. The van der Waals surface area contributed by atoms with Crippen LogP contribution < -0.4 is 10.1 Å². The lowest BCUT2D eigenvalue weighted by atomic mass is 9.97. The van der Waals surface area contributed by atoms with Gasteiger partial charge in [-0.3, -0.25) is 4.79 Å². The molecule has 0 saturated carbocycles. The number of carbonyl (C=O) groups excluding carboxylic acids is 2. The monoisotopic (exact) mass is 335 g/mol. The fourth-order valence-corrected chi connectivity index (χ4v) is 2.41. The summed E-state index contributed by atoms with van der Waals surface area (Å²) in [6, 6.07) is 5.29. The van der Waals surface area contributed by atoms with Gasteiger partial charge < -0.3 is 14.8 Å². The molecule has 0 saturated heterocycles.